The summed E-state index contributed by atoms with van der Waals surface area (Å²) in [5.74, 6) is 0. The summed E-state index contributed by atoms with van der Waals surface area (Å²) in [7, 11) is 0. The number of fused-ring (bicyclic) bond motifs is 9. The SMILES string of the molecule is c1ccc(N2Cc3cc(-c4ccc5oc6ccccc6c5c4)ccc3-c3cc(-c4ccc5c(c4)oc4ccccc45)ccc3C2)cc1. The molecule has 0 atom stereocenters. The maximum atomic E-state index is 6.25. The van der Waals surface area contributed by atoms with Gasteiger partial charge in [0.15, 0.2) is 0 Å². The smallest absolute Gasteiger partial charge is 0.136 e. The molecule has 47 heavy (non-hydrogen) atoms. The van der Waals surface area contributed by atoms with Crippen LogP contribution >= 0.6 is 0 Å². The molecule has 3 nitrogen and oxygen atoms in total. The quantitative estimate of drug-likeness (QED) is 0.201. The van der Waals surface area contributed by atoms with Crippen molar-refractivity contribution in [3.05, 3.63) is 163 Å². The predicted octanol–water partition coefficient (Wildman–Crippen LogP) is 12.0. The van der Waals surface area contributed by atoms with Crippen LogP contribution in [0.2, 0.25) is 0 Å². The van der Waals surface area contributed by atoms with Gasteiger partial charge < -0.3 is 13.7 Å². The Labute approximate surface area is 271 Å². The standard InChI is InChI=1S/C44H29NO2/c1-2-8-34(9-3-1)45-26-32-15-14-29(31-17-20-38-36-10-4-6-12-41(36)47-44(38)25-31)23-39(32)35-19-16-28(22-33(35)27-45)30-18-21-43-40(24-30)37-11-5-7-13-42(37)46-43/h1-25H,26-27H2. The van der Waals surface area contributed by atoms with Crippen LogP contribution in [0.25, 0.3) is 77.3 Å². The van der Waals surface area contributed by atoms with Crippen molar-refractivity contribution in [2.75, 3.05) is 4.90 Å². The number of rotatable bonds is 3. The molecule has 0 spiro atoms. The van der Waals surface area contributed by atoms with Crippen molar-refractivity contribution in [1.29, 1.82) is 0 Å². The lowest BCUT2D eigenvalue weighted by Crippen LogP contribution is -2.20. The lowest BCUT2D eigenvalue weighted by molar-refractivity contribution is 0.668. The average Bonchev–Trinajstić information content (AvgIpc) is 3.64. The van der Waals surface area contributed by atoms with Crippen LogP contribution in [0.3, 0.4) is 0 Å². The van der Waals surface area contributed by atoms with Gasteiger partial charge in [-0.1, -0.05) is 91.0 Å². The van der Waals surface area contributed by atoms with Crippen molar-refractivity contribution in [2.45, 2.75) is 13.1 Å². The summed E-state index contributed by atoms with van der Waals surface area (Å²) in [5.41, 5.74) is 14.8. The van der Waals surface area contributed by atoms with Gasteiger partial charge in [-0.15, -0.1) is 0 Å². The molecule has 3 heterocycles. The van der Waals surface area contributed by atoms with Gasteiger partial charge >= 0.3 is 0 Å². The van der Waals surface area contributed by atoms with E-state index in [-0.39, 0.29) is 0 Å². The molecule has 7 aromatic carbocycles. The summed E-state index contributed by atoms with van der Waals surface area (Å²) >= 11 is 0. The fraction of sp³-hybridized carbons (Fsp3) is 0.0455. The zero-order valence-corrected chi connectivity index (χ0v) is 25.6. The Morgan fingerprint density at radius 2 is 0.936 bits per heavy atom. The maximum Gasteiger partial charge on any atom is 0.136 e. The maximum absolute atomic E-state index is 6.25. The minimum atomic E-state index is 0.818. The molecular weight excluding hydrogens is 574 g/mol. The molecule has 0 aliphatic carbocycles. The third-order valence-electron chi connectivity index (χ3n) is 9.77. The molecule has 0 bridgehead atoms. The first-order chi connectivity index (χ1) is 23.2. The van der Waals surface area contributed by atoms with E-state index in [1.165, 1.54) is 44.6 Å². The lowest BCUT2D eigenvalue weighted by atomic mass is 9.90. The third kappa shape index (κ3) is 4.28. The van der Waals surface area contributed by atoms with E-state index in [2.05, 4.69) is 132 Å². The Bertz CT molecular complexity index is 2640. The van der Waals surface area contributed by atoms with E-state index in [4.69, 9.17) is 8.83 Å². The van der Waals surface area contributed by atoms with Gasteiger partial charge in [-0.2, -0.15) is 0 Å². The van der Waals surface area contributed by atoms with Crippen LogP contribution in [-0.2, 0) is 13.1 Å². The van der Waals surface area contributed by atoms with Crippen LogP contribution in [0.4, 0.5) is 5.69 Å². The molecule has 1 aliphatic heterocycles. The number of benzene rings is 7. The van der Waals surface area contributed by atoms with E-state index >= 15 is 0 Å². The number of para-hydroxylation sites is 3. The highest BCUT2D eigenvalue weighted by Crippen LogP contribution is 2.41. The van der Waals surface area contributed by atoms with Crippen LogP contribution < -0.4 is 4.90 Å². The highest BCUT2D eigenvalue weighted by atomic mass is 16.3. The highest BCUT2D eigenvalue weighted by Gasteiger charge is 2.22. The summed E-state index contributed by atoms with van der Waals surface area (Å²) in [6, 6.07) is 54.4. The molecule has 0 unspecified atom stereocenters. The van der Waals surface area contributed by atoms with Gasteiger partial charge in [0.25, 0.3) is 0 Å². The second-order valence-corrected chi connectivity index (χ2v) is 12.6. The second kappa shape index (κ2) is 10.2. The van der Waals surface area contributed by atoms with Crippen LogP contribution in [0, 0.1) is 0 Å². The van der Waals surface area contributed by atoms with Crippen LogP contribution in [0.15, 0.2) is 160 Å². The molecule has 222 valence electrons. The fourth-order valence-electron chi connectivity index (χ4n) is 7.41. The van der Waals surface area contributed by atoms with Gasteiger partial charge in [0.1, 0.15) is 22.3 Å². The normalized spacial score (nSPS) is 12.9. The van der Waals surface area contributed by atoms with E-state index in [0.29, 0.717) is 0 Å². The summed E-state index contributed by atoms with van der Waals surface area (Å²) in [6.45, 7) is 1.65. The van der Waals surface area contributed by atoms with Gasteiger partial charge in [-0.05, 0) is 105 Å². The van der Waals surface area contributed by atoms with Crippen molar-refractivity contribution in [3.8, 4) is 33.4 Å². The highest BCUT2D eigenvalue weighted by molar-refractivity contribution is 6.07. The summed E-state index contributed by atoms with van der Waals surface area (Å²) in [4.78, 5) is 2.49. The monoisotopic (exact) mass is 603 g/mol. The number of hydrogen-bond donors (Lipinski definition) is 0. The minimum Gasteiger partial charge on any atom is -0.456 e. The summed E-state index contributed by atoms with van der Waals surface area (Å²) in [5, 5.41) is 4.60. The summed E-state index contributed by atoms with van der Waals surface area (Å²) in [6.07, 6.45) is 0. The van der Waals surface area contributed by atoms with Crippen LogP contribution in [-0.4, -0.2) is 0 Å². The molecule has 1 aliphatic rings. The zero-order chi connectivity index (χ0) is 30.9. The minimum absolute atomic E-state index is 0.818. The van der Waals surface area contributed by atoms with Crippen molar-refractivity contribution < 1.29 is 8.83 Å². The number of hydrogen-bond acceptors (Lipinski definition) is 3. The molecule has 9 aromatic rings. The molecule has 0 saturated heterocycles. The van der Waals surface area contributed by atoms with Crippen molar-refractivity contribution in [3.63, 3.8) is 0 Å². The lowest BCUT2D eigenvalue weighted by Gasteiger charge is -2.24. The van der Waals surface area contributed by atoms with E-state index < -0.39 is 0 Å². The molecule has 0 fully saturated rings. The Morgan fingerprint density at radius 1 is 0.362 bits per heavy atom. The number of furan rings is 2. The average molecular weight is 604 g/mol. The number of nitrogens with zero attached hydrogens (tertiary/aromatic N) is 1. The van der Waals surface area contributed by atoms with Crippen LogP contribution in [0.5, 0.6) is 0 Å². The fourth-order valence-corrected chi connectivity index (χ4v) is 7.41. The van der Waals surface area contributed by atoms with E-state index in [1.807, 2.05) is 24.3 Å². The Morgan fingerprint density at radius 3 is 1.79 bits per heavy atom. The molecule has 0 amide bonds. The predicted molar refractivity (Wildman–Crippen MR) is 194 cm³/mol. The molecular formula is C44H29NO2. The Hall–Kier alpha value is -6.06. The Kier molecular flexibility index (Phi) is 5.70. The largest absolute Gasteiger partial charge is 0.456 e. The molecule has 0 saturated carbocycles. The first-order valence-electron chi connectivity index (χ1n) is 16.1. The van der Waals surface area contributed by atoms with Gasteiger partial charge in [0, 0.05) is 40.3 Å². The second-order valence-electron chi connectivity index (χ2n) is 12.6. The van der Waals surface area contributed by atoms with Gasteiger partial charge in [-0.3, -0.25) is 0 Å². The first-order valence-corrected chi connectivity index (χ1v) is 16.1. The van der Waals surface area contributed by atoms with E-state index in [9.17, 15) is 0 Å². The van der Waals surface area contributed by atoms with Crippen molar-refractivity contribution in [1.82, 2.24) is 0 Å². The zero-order valence-electron chi connectivity index (χ0n) is 25.6. The van der Waals surface area contributed by atoms with E-state index in [1.54, 1.807) is 0 Å². The molecule has 3 heteroatoms. The summed E-state index contributed by atoms with van der Waals surface area (Å²) < 4.78 is 12.4. The van der Waals surface area contributed by atoms with E-state index in [0.717, 1.165) is 62.5 Å². The van der Waals surface area contributed by atoms with Crippen molar-refractivity contribution >= 4 is 49.6 Å². The third-order valence-corrected chi connectivity index (χ3v) is 9.77. The molecule has 0 radical (unpaired) electrons. The Balaban J connectivity index is 1.11. The topological polar surface area (TPSA) is 29.5 Å². The van der Waals surface area contributed by atoms with Gasteiger partial charge in [-0.25, -0.2) is 0 Å². The molecule has 0 N–H and O–H groups in total. The van der Waals surface area contributed by atoms with Crippen molar-refractivity contribution in [2.24, 2.45) is 0 Å². The number of anilines is 1. The first kappa shape index (κ1) is 26.2. The molecule has 10 rings (SSSR count). The van der Waals surface area contributed by atoms with Gasteiger partial charge in [0.2, 0.25) is 0 Å². The molecule has 2 aromatic heterocycles. The van der Waals surface area contributed by atoms with Gasteiger partial charge in [0.05, 0.1) is 0 Å². The van der Waals surface area contributed by atoms with Crippen LogP contribution in [0.1, 0.15) is 11.1 Å².